The molecule has 1 aliphatic heterocycles. The van der Waals surface area contributed by atoms with E-state index in [-0.39, 0.29) is 11.8 Å². The Morgan fingerprint density at radius 2 is 1.93 bits per heavy atom. The number of nitrogens with two attached hydrogens (primary N) is 1. The van der Waals surface area contributed by atoms with Crippen LogP contribution in [0.2, 0.25) is 0 Å². The molecule has 0 spiro atoms. The lowest BCUT2D eigenvalue weighted by Gasteiger charge is -2.45. The Kier molecular flexibility index (Phi) is 5.48. The number of carbonyl (C=O) groups is 1. The first-order valence-corrected chi connectivity index (χ1v) is 10.3. The molecule has 2 atom stereocenters. The molecule has 3 aliphatic rings. The third kappa shape index (κ3) is 4.03. The number of carbonyl (C=O) groups excluding carboxylic acids is 1. The summed E-state index contributed by atoms with van der Waals surface area (Å²) in [5.41, 5.74) is 6.21. The van der Waals surface area contributed by atoms with Crippen LogP contribution < -0.4 is 20.7 Å². The zero-order valence-corrected chi connectivity index (χ0v) is 16.1. The number of hydrogen-bond acceptors (Lipinski definition) is 6. The van der Waals surface area contributed by atoms with E-state index in [1.165, 1.54) is 19.3 Å². The standard InChI is InChI=1S/C20H31N5O2/c1-27-17-5-8-22-20(23-17)25-9-6-13(7-10-25)19(26)24-18-14-3-2-4-15(18)12-16(21)11-14/h5,8,13-16,18H,2-4,6-7,9-12,21H2,1H3,(H,24,26). The molecule has 4 rings (SSSR count). The summed E-state index contributed by atoms with van der Waals surface area (Å²) in [6.45, 7) is 1.60. The Hall–Kier alpha value is -1.89. The summed E-state index contributed by atoms with van der Waals surface area (Å²) in [5, 5.41) is 3.42. The van der Waals surface area contributed by atoms with E-state index < -0.39 is 0 Å². The number of nitrogens with zero attached hydrogens (tertiary/aromatic N) is 3. The number of anilines is 1. The van der Waals surface area contributed by atoms with E-state index in [2.05, 4.69) is 20.2 Å². The summed E-state index contributed by atoms with van der Waals surface area (Å²) < 4.78 is 5.18. The molecule has 27 heavy (non-hydrogen) atoms. The minimum Gasteiger partial charge on any atom is -0.481 e. The fourth-order valence-electron chi connectivity index (χ4n) is 5.25. The lowest BCUT2D eigenvalue weighted by Crippen LogP contribution is -2.55. The average Bonchev–Trinajstić information content (AvgIpc) is 2.69. The predicted molar refractivity (Wildman–Crippen MR) is 103 cm³/mol. The van der Waals surface area contributed by atoms with Gasteiger partial charge in [-0.2, -0.15) is 4.98 Å². The quantitative estimate of drug-likeness (QED) is 0.835. The predicted octanol–water partition coefficient (Wildman–Crippen LogP) is 1.72. The zero-order chi connectivity index (χ0) is 18.8. The van der Waals surface area contributed by atoms with Gasteiger partial charge in [0.15, 0.2) is 0 Å². The van der Waals surface area contributed by atoms with Gasteiger partial charge in [0.05, 0.1) is 7.11 Å². The second-order valence-corrected chi connectivity index (χ2v) is 8.38. The second kappa shape index (κ2) is 8.00. The van der Waals surface area contributed by atoms with Crippen LogP contribution in [0.25, 0.3) is 0 Å². The number of nitrogens with one attached hydrogen (secondary N) is 1. The molecule has 2 unspecified atom stereocenters. The molecular formula is C20H31N5O2. The van der Waals surface area contributed by atoms with Crippen LogP contribution >= 0.6 is 0 Å². The van der Waals surface area contributed by atoms with E-state index in [9.17, 15) is 4.79 Å². The van der Waals surface area contributed by atoms with Crippen molar-refractivity contribution in [3.8, 4) is 5.88 Å². The number of piperidine rings is 1. The number of hydrogen-bond donors (Lipinski definition) is 2. The maximum atomic E-state index is 12.9. The number of ether oxygens (including phenoxy) is 1. The van der Waals surface area contributed by atoms with Crippen molar-refractivity contribution in [3.05, 3.63) is 12.3 Å². The number of methoxy groups -OCH3 is 1. The molecule has 1 saturated heterocycles. The molecule has 0 radical (unpaired) electrons. The topological polar surface area (TPSA) is 93.4 Å². The largest absolute Gasteiger partial charge is 0.481 e. The lowest BCUT2D eigenvalue weighted by molar-refractivity contribution is -0.128. The van der Waals surface area contributed by atoms with Crippen LogP contribution in [-0.4, -0.2) is 48.2 Å². The summed E-state index contributed by atoms with van der Waals surface area (Å²) in [6.07, 6.45) is 9.23. The Balaban J connectivity index is 1.32. The van der Waals surface area contributed by atoms with Crippen LogP contribution in [0.4, 0.5) is 5.95 Å². The van der Waals surface area contributed by atoms with Gasteiger partial charge in [-0.1, -0.05) is 6.42 Å². The van der Waals surface area contributed by atoms with E-state index in [0.29, 0.717) is 35.7 Å². The highest BCUT2D eigenvalue weighted by Crippen LogP contribution is 2.40. The molecule has 2 aliphatic carbocycles. The molecule has 0 aromatic carbocycles. The van der Waals surface area contributed by atoms with E-state index in [0.717, 1.165) is 38.8 Å². The fraction of sp³-hybridized carbons (Fsp3) is 0.750. The summed E-state index contributed by atoms with van der Waals surface area (Å²) >= 11 is 0. The minimum atomic E-state index is 0.0863. The number of amides is 1. The molecule has 1 aromatic heterocycles. The van der Waals surface area contributed by atoms with Crippen molar-refractivity contribution in [2.24, 2.45) is 23.5 Å². The third-order valence-corrected chi connectivity index (χ3v) is 6.66. The molecular weight excluding hydrogens is 342 g/mol. The maximum absolute atomic E-state index is 12.9. The minimum absolute atomic E-state index is 0.0863. The van der Waals surface area contributed by atoms with Crippen molar-refractivity contribution >= 4 is 11.9 Å². The summed E-state index contributed by atoms with van der Waals surface area (Å²) in [7, 11) is 1.61. The van der Waals surface area contributed by atoms with Gasteiger partial charge in [0.2, 0.25) is 17.7 Å². The van der Waals surface area contributed by atoms with Gasteiger partial charge in [-0.25, -0.2) is 4.98 Å². The van der Waals surface area contributed by atoms with Crippen LogP contribution in [0.3, 0.4) is 0 Å². The van der Waals surface area contributed by atoms with Crippen molar-refractivity contribution in [3.63, 3.8) is 0 Å². The van der Waals surface area contributed by atoms with E-state index in [1.807, 2.05) is 0 Å². The van der Waals surface area contributed by atoms with Crippen molar-refractivity contribution < 1.29 is 9.53 Å². The molecule has 7 heteroatoms. The van der Waals surface area contributed by atoms with Crippen LogP contribution in [-0.2, 0) is 4.79 Å². The van der Waals surface area contributed by atoms with Gasteiger partial charge in [0.1, 0.15) is 0 Å². The second-order valence-electron chi connectivity index (χ2n) is 8.38. The Labute approximate surface area is 161 Å². The van der Waals surface area contributed by atoms with Crippen molar-refractivity contribution in [1.82, 2.24) is 15.3 Å². The lowest BCUT2D eigenvalue weighted by atomic mass is 9.67. The van der Waals surface area contributed by atoms with Gasteiger partial charge in [0, 0.05) is 43.4 Å². The Morgan fingerprint density at radius 3 is 2.59 bits per heavy atom. The van der Waals surface area contributed by atoms with Crippen molar-refractivity contribution in [2.75, 3.05) is 25.1 Å². The molecule has 3 fully saturated rings. The average molecular weight is 374 g/mol. The maximum Gasteiger partial charge on any atom is 0.228 e. The summed E-state index contributed by atoms with van der Waals surface area (Å²) in [5.74, 6) is 2.72. The van der Waals surface area contributed by atoms with Gasteiger partial charge in [-0.05, 0) is 50.4 Å². The fourth-order valence-corrected chi connectivity index (χ4v) is 5.25. The van der Waals surface area contributed by atoms with Crippen LogP contribution in [0.5, 0.6) is 5.88 Å². The van der Waals surface area contributed by atoms with Gasteiger partial charge < -0.3 is 20.7 Å². The van der Waals surface area contributed by atoms with Crippen molar-refractivity contribution in [1.29, 1.82) is 0 Å². The molecule has 2 saturated carbocycles. The highest BCUT2D eigenvalue weighted by Gasteiger charge is 2.40. The molecule has 2 bridgehead atoms. The van der Waals surface area contributed by atoms with Crippen LogP contribution in [0, 0.1) is 17.8 Å². The molecule has 3 N–H and O–H groups in total. The van der Waals surface area contributed by atoms with E-state index in [1.54, 1.807) is 19.4 Å². The van der Waals surface area contributed by atoms with Gasteiger partial charge in [-0.15, -0.1) is 0 Å². The first kappa shape index (κ1) is 18.5. The van der Waals surface area contributed by atoms with E-state index >= 15 is 0 Å². The normalized spacial score (nSPS) is 31.4. The number of rotatable bonds is 4. The number of fused-ring (bicyclic) bond motifs is 2. The molecule has 1 aromatic rings. The molecule has 1 amide bonds. The molecule has 2 heterocycles. The van der Waals surface area contributed by atoms with Gasteiger partial charge in [-0.3, -0.25) is 4.79 Å². The Morgan fingerprint density at radius 1 is 1.22 bits per heavy atom. The Bertz CT molecular complexity index is 648. The summed E-state index contributed by atoms with van der Waals surface area (Å²) in [6, 6.07) is 2.40. The number of aromatic nitrogens is 2. The molecule has 148 valence electrons. The first-order chi connectivity index (χ1) is 13.1. The third-order valence-electron chi connectivity index (χ3n) is 6.66. The SMILES string of the molecule is COc1ccnc(N2CCC(C(=O)NC3C4CCCC3CC(N)C4)CC2)n1. The zero-order valence-electron chi connectivity index (χ0n) is 16.1. The van der Waals surface area contributed by atoms with E-state index in [4.69, 9.17) is 10.5 Å². The highest BCUT2D eigenvalue weighted by atomic mass is 16.5. The van der Waals surface area contributed by atoms with Crippen LogP contribution in [0.15, 0.2) is 12.3 Å². The van der Waals surface area contributed by atoms with Crippen molar-refractivity contribution in [2.45, 2.75) is 57.0 Å². The molecule has 7 nitrogen and oxygen atoms in total. The van der Waals surface area contributed by atoms with Crippen LogP contribution in [0.1, 0.15) is 44.9 Å². The van der Waals surface area contributed by atoms with Gasteiger partial charge in [0.25, 0.3) is 0 Å². The summed E-state index contributed by atoms with van der Waals surface area (Å²) in [4.78, 5) is 23.8. The first-order valence-electron chi connectivity index (χ1n) is 10.3. The van der Waals surface area contributed by atoms with Gasteiger partial charge >= 0.3 is 0 Å². The monoisotopic (exact) mass is 373 g/mol. The smallest absolute Gasteiger partial charge is 0.228 e. The highest BCUT2D eigenvalue weighted by molar-refractivity contribution is 5.79.